The number of nitrogens with zero attached hydrogens (tertiary/aromatic N) is 4. The van der Waals surface area contributed by atoms with Gasteiger partial charge in [-0.3, -0.25) is 9.59 Å². The molecule has 3 N–H and O–H groups in total. The Morgan fingerprint density at radius 1 is 1.02 bits per heavy atom. The molecule has 1 saturated carbocycles. The van der Waals surface area contributed by atoms with Crippen LogP contribution in [0.3, 0.4) is 0 Å². The fourth-order valence-electron chi connectivity index (χ4n) is 5.03. The van der Waals surface area contributed by atoms with Gasteiger partial charge in [-0.1, -0.05) is 13.8 Å². The number of nitrogens with one attached hydrogen (secondary N) is 3. The summed E-state index contributed by atoms with van der Waals surface area (Å²) in [7, 11) is 2.04. The van der Waals surface area contributed by atoms with Gasteiger partial charge in [0.15, 0.2) is 0 Å². The van der Waals surface area contributed by atoms with E-state index in [1.54, 1.807) is 24.3 Å². The van der Waals surface area contributed by atoms with E-state index in [2.05, 4.69) is 30.8 Å². The molecule has 12 heteroatoms. The molecular formula is C28H40F3N7O2. The first-order chi connectivity index (χ1) is 18.5. The molecule has 2 fully saturated rings. The molecule has 1 aromatic heterocycles. The van der Waals surface area contributed by atoms with Crippen LogP contribution in [-0.4, -0.2) is 76.9 Å². The highest BCUT2D eigenvalue weighted by Crippen LogP contribution is 2.36. The molecule has 2 amide bonds. The Morgan fingerprint density at radius 3 is 2.42 bits per heavy atom. The number of alkyl halides is 3. The van der Waals surface area contributed by atoms with Crippen molar-refractivity contribution in [3.05, 3.63) is 41.6 Å². The van der Waals surface area contributed by atoms with Crippen molar-refractivity contribution in [2.24, 2.45) is 5.92 Å². The zero-order chi connectivity index (χ0) is 28.2. The van der Waals surface area contributed by atoms with Gasteiger partial charge in [0.2, 0.25) is 11.9 Å². The fraction of sp³-hybridized carbons (Fsp3) is 0.571. The van der Waals surface area contributed by atoms with E-state index in [0.29, 0.717) is 37.2 Å². The second-order valence-corrected chi connectivity index (χ2v) is 10.6. The monoisotopic (exact) mass is 563 g/mol. The average Bonchev–Trinajstić information content (AvgIpc) is 3.22. The second-order valence-electron chi connectivity index (χ2n) is 10.6. The zero-order valence-corrected chi connectivity index (χ0v) is 22.5. The third-order valence-electron chi connectivity index (χ3n) is 7.09. The van der Waals surface area contributed by atoms with E-state index in [-0.39, 0.29) is 37.0 Å². The Hall–Kier alpha value is -3.41. The predicted molar refractivity (Wildman–Crippen MR) is 150 cm³/mol. The van der Waals surface area contributed by atoms with Gasteiger partial charge in [-0.05, 0) is 71.0 Å². The van der Waals surface area contributed by atoms with Crippen LogP contribution in [0.5, 0.6) is 0 Å². The van der Waals surface area contributed by atoms with Gasteiger partial charge in [0, 0.05) is 49.2 Å². The molecule has 1 aliphatic carbocycles. The van der Waals surface area contributed by atoms with E-state index < -0.39 is 23.7 Å². The van der Waals surface area contributed by atoms with Crippen LogP contribution in [0.4, 0.5) is 30.6 Å². The maximum Gasteiger partial charge on any atom is 0.421 e. The summed E-state index contributed by atoms with van der Waals surface area (Å²) >= 11 is 0. The number of likely N-dealkylation sites (N-methyl/N-ethyl adjacent to an activating group) is 1. The van der Waals surface area contributed by atoms with Crippen LogP contribution < -0.4 is 16.0 Å². The predicted octanol–water partition coefficient (Wildman–Crippen LogP) is 4.76. The molecular weight excluding hydrogens is 523 g/mol. The number of aromatic nitrogens is 2. The van der Waals surface area contributed by atoms with Gasteiger partial charge < -0.3 is 25.8 Å². The minimum atomic E-state index is -4.67. The lowest BCUT2D eigenvalue weighted by Gasteiger charge is -2.24. The lowest BCUT2D eigenvalue weighted by molar-refractivity contribution is -0.137. The van der Waals surface area contributed by atoms with Crippen molar-refractivity contribution in [1.82, 2.24) is 25.1 Å². The molecule has 2 atom stereocenters. The first-order valence-electron chi connectivity index (χ1n) is 13.4. The third kappa shape index (κ3) is 7.83. The topological polar surface area (TPSA) is 102 Å². The van der Waals surface area contributed by atoms with Crippen molar-refractivity contribution in [2.45, 2.75) is 65.2 Å². The van der Waals surface area contributed by atoms with Crippen LogP contribution in [-0.2, 0) is 11.0 Å². The van der Waals surface area contributed by atoms with Crippen LogP contribution in [0.25, 0.3) is 0 Å². The van der Waals surface area contributed by atoms with E-state index in [0.717, 1.165) is 32.1 Å². The summed E-state index contributed by atoms with van der Waals surface area (Å²) in [6, 6.07) is 6.17. The van der Waals surface area contributed by atoms with Crippen LogP contribution in [0.1, 0.15) is 62.9 Å². The van der Waals surface area contributed by atoms with Crippen molar-refractivity contribution >= 4 is 29.3 Å². The molecule has 0 unspecified atom stereocenters. The Bertz CT molecular complexity index is 1160. The Kier molecular flexibility index (Phi) is 10.3. The third-order valence-corrected chi connectivity index (χ3v) is 7.09. The molecule has 2 aromatic rings. The van der Waals surface area contributed by atoms with Gasteiger partial charge >= 0.3 is 6.18 Å². The molecule has 220 valence electrons. The molecule has 9 nitrogen and oxygen atoms in total. The number of hydrogen-bond acceptors (Lipinski definition) is 7. The molecule has 2 aliphatic rings. The van der Waals surface area contributed by atoms with Crippen molar-refractivity contribution in [3.8, 4) is 0 Å². The zero-order valence-electron chi connectivity index (χ0n) is 22.5. The van der Waals surface area contributed by atoms with Crippen molar-refractivity contribution in [2.75, 3.05) is 43.9 Å². The molecule has 2 heterocycles. The van der Waals surface area contributed by atoms with Crippen molar-refractivity contribution < 1.29 is 22.8 Å². The van der Waals surface area contributed by atoms with Crippen LogP contribution in [0, 0.1) is 5.92 Å². The standard InChI is InChI=1S/C27H36F3N7O2.CH4/c1-17(2)32-24(38)20-6-4-7-22(20)34-23-21(27(28,29)30)16-31-26(35-23)33-19-10-8-18(9-11-19)25(39)37-13-5-12-36(3)14-15-37;/h8-11,16-17,20,22H,4-7,12-15H2,1-3H3,(H,32,38)(H2,31,33,34,35);1H4/t20-,22+;/m0./s1. The lowest BCUT2D eigenvalue weighted by Crippen LogP contribution is -2.41. The number of carbonyl (C=O) groups is 2. The second kappa shape index (κ2) is 13.3. The molecule has 0 bridgehead atoms. The molecule has 0 radical (unpaired) electrons. The van der Waals surface area contributed by atoms with Crippen LogP contribution >= 0.6 is 0 Å². The number of carbonyl (C=O) groups excluding carboxylic acids is 2. The number of hydrogen-bond donors (Lipinski definition) is 3. The summed E-state index contributed by atoms with van der Waals surface area (Å²) in [6.07, 6.45) is -1.14. The highest BCUT2D eigenvalue weighted by atomic mass is 19.4. The largest absolute Gasteiger partial charge is 0.421 e. The maximum atomic E-state index is 13.8. The van der Waals surface area contributed by atoms with Gasteiger partial charge in [0.1, 0.15) is 11.4 Å². The number of benzene rings is 1. The lowest BCUT2D eigenvalue weighted by atomic mass is 10.0. The van der Waals surface area contributed by atoms with Gasteiger partial charge in [-0.25, -0.2) is 4.98 Å². The van der Waals surface area contributed by atoms with Crippen LogP contribution in [0.15, 0.2) is 30.5 Å². The maximum absolute atomic E-state index is 13.8. The quantitative estimate of drug-likeness (QED) is 0.447. The highest BCUT2D eigenvalue weighted by Gasteiger charge is 2.39. The Balaban J connectivity index is 0.00000441. The first kappa shape index (κ1) is 31.1. The summed E-state index contributed by atoms with van der Waals surface area (Å²) in [4.78, 5) is 37.6. The normalized spacial score (nSPS) is 20.0. The van der Waals surface area contributed by atoms with Gasteiger partial charge in [0.05, 0.1) is 5.92 Å². The summed E-state index contributed by atoms with van der Waals surface area (Å²) < 4.78 is 41.3. The van der Waals surface area contributed by atoms with E-state index in [4.69, 9.17) is 0 Å². The van der Waals surface area contributed by atoms with Crippen molar-refractivity contribution in [3.63, 3.8) is 0 Å². The number of anilines is 3. The van der Waals surface area contributed by atoms with E-state index in [1.165, 1.54) is 0 Å². The molecule has 1 aromatic carbocycles. The SMILES string of the molecule is C.CC(C)NC(=O)[C@H]1CCC[C@H]1Nc1nc(Nc2ccc(C(=O)N3CCCN(C)CC3)cc2)ncc1C(F)(F)F. The van der Waals surface area contributed by atoms with E-state index in [1.807, 2.05) is 25.8 Å². The Labute approximate surface area is 233 Å². The molecule has 1 saturated heterocycles. The van der Waals surface area contributed by atoms with Crippen molar-refractivity contribution in [1.29, 1.82) is 0 Å². The summed E-state index contributed by atoms with van der Waals surface area (Å²) in [5.41, 5.74) is 0.0719. The van der Waals surface area contributed by atoms with Gasteiger partial charge in [-0.15, -0.1) is 0 Å². The number of halogens is 3. The van der Waals surface area contributed by atoms with Gasteiger partial charge in [-0.2, -0.15) is 18.2 Å². The summed E-state index contributed by atoms with van der Waals surface area (Å²) in [6.45, 7) is 6.80. The number of amides is 2. The minimum absolute atomic E-state index is 0. The fourth-order valence-corrected chi connectivity index (χ4v) is 5.03. The molecule has 1 aliphatic heterocycles. The van der Waals surface area contributed by atoms with E-state index >= 15 is 0 Å². The molecule has 4 rings (SSSR count). The van der Waals surface area contributed by atoms with Crippen LogP contribution in [0.2, 0.25) is 0 Å². The Morgan fingerprint density at radius 2 is 1.75 bits per heavy atom. The highest BCUT2D eigenvalue weighted by molar-refractivity contribution is 5.94. The van der Waals surface area contributed by atoms with Gasteiger partial charge in [0.25, 0.3) is 5.91 Å². The summed E-state index contributed by atoms with van der Waals surface area (Å²) in [5.74, 6) is -1.08. The molecule has 0 spiro atoms. The first-order valence-corrected chi connectivity index (χ1v) is 13.4. The van der Waals surface area contributed by atoms with E-state index in [9.17, 15) is 22.8 Å². The average molecular weight is 564 g/mol. The summed E-state index contributed by atoms with van der Waals surface area (Å²) in [5, 5.41) is 8.67. The molecule has 40 heavy (non-hydrogen) atoms. The minimum Gasteiger partial charge on any atom is -0.366 e. The number of rotatable bonds is 7. The smallest absolute Gasteiger partial charge is 0.366 e.